The molecule has 0 spiro atoms. The molecule has 0 unspecified atom stereocenters. The van der Waals surface area contributed by atoms with Crippen molar-refractivity contribution in [3.63, 3.8) is 0 Å². The zero-order valence-corrected chi connectivity index (χ0v) is 13.5. The number of benzene rings is 1. The number of fused-ring (bicyclic) bond motifs is 2. The predicted molar refractivity (Wildman–Crippen MR) is 90.4 cm³/mol. The number of rotatable bonds is 1. The molecule has 0 aliphatic carbocycles. The maximum absolute atomic E-state index is 13.2. The van der Waals surface area contributed by atoms with Gasteiger partial charge in [-0.15, -0.1) is 11.3 Å². The summed E-state index contributed by atoms with van der Waals surface area (Å²) in [5.74, 6) is 0.0910. The van der Waals surface area contributed by atoms with Gasteiger partial charge in [-0.1, -0.05) is 18.2 Å². The Morgan fingerprint density at radius 3 is 2.56 bits per heavy atom. The minimum Gasteiger partial charge on any atom is -0.236 e. The summed E-state index contributed by atoms with van der Waals surface area (Å²) in [7, 11) is 0. The van der Waals surface area contributed by atoms with Crippen LogP contribution in [0, 0.1) is 13.8 Å². The second kappa shape index (κ2) is 5.45. The summed E-state index contributed by atoms with van der Waals surface area (Å²) >= 11 is 1.35. The van der Waals surface area contributed by atoms with Crippen molar-refractivity contribution in [3.05, 3.63) is 47.4 Å². The van der Waals surface area contributed by atoms with E-state index in [1.807, 2.05) is 24.3 Å². The Labute approximate surface area is 148 Å². The van der Waals surface area contributed by atoms with Crippen molar-refractivity contribution < 1.29 is 17.3 Å². The summed E-state index contributed by atoms with van der Waals surface area (Å²) in [5, 5.41) is 0.927. The van der Waals surface area contributed by atoms with Crippen LogP contribution in [0.25, 0.3) is 32.0 Å². The molecule has 0 saturated heterocycles. The van der Waals surface area contributed by atoms with E-state index in [0.717, 1.165) is 17.0 Å². The topological polar surface area (TPSA) is 51.6 Å². The summed E-state index contributed by atoms with van der Waals surface area (Å²) in [5.41, 5.74) is -2.83. The van der Waals surface area contributed by atoms with E-state index in [0.29, 0.717) is 4.88 Å². The van der Waals surface area contributed by atoms with Crippen LogP contribution in [0.1, 0.15) is 21.2 Å². The first-order valence-electron chi connectivity index (χ1n) is 8.67. The van der Waals surface area contributed by atoms with Crippen molar-refractivity contribution in [2.45, 2.75) is 20.0 Å². The van der Waals surface area contributed by atoms with Crippen molar-refractivity contribution in [1.82, 2.24) is 19.9 Å². The van der Waals surface area contributed by atoms with Gasteiger partial charge < -0.3 is 0 Å². The Kier molecular flexibility index (Phi) is 2.77. The van der Waals surface area contributed by atoms with E-state index < -0.39 is 29.9 Å². The van der Waals surface area contributed by atoms with Gasteiger partial charge in [0.25, 0.3) is 0 Å². The Morgan fingerprint density at radius 1 is 1.04 bits per heavy atom. The Balaban J connectivity index is 2.02. The molecule has 3 heterocycles. The van der Waals surface area contributed by atoms with Crippen molar-refractivity contribution in [2.75, 3.05) is 0 Å². The van der Waals surface area contributed by atoms with E-state index in [-0.39, 0.29) is 17.2 Å². The lowest BCUT2D eigenvalue weighted by atomic mass is 10.2. The maximum atomic E-state index is 13.2. The zero-order chi connectivity index (χ0) is 20.3. The van der Waals surface area contributed by atoms with Crippen LogP contribution in [0.3, 0.4) is 0 Å². The molecule has 0 amide bonds. The van der Waals surface area contributed by atoms with Gasteiger partial charge in [0.2, 0.25) is 0 Å². The number of hydrogen-bond acceptors (Lipinski definition) is 5. The van der Waals surface area contributed by atoms with Gasteiger partial charge in [0.15, 0.2) is 17.2 Å². The molecule has 0 aliphatic rings. The number of thiophene rings is 1. The third-order valence-corrected chi connectivity index (χ3v) is 4.73. The highest BCUT2D eigenvalue weighted by molar-refractivity contribution is 7.22. The van der Waals surface area contributed by atoms with Crippen molar-refractivity contribution in [1.29, 1.82) is 0 Å². The predicted octanol–water partition coefficient (Wildman–Crippen LogP) is 4.94. The second-order valence-corrected chi connectivity index (χ2v) is 6.46. The Hall–Kier alpha value is -2.61. The molecule has 4 aromatic rings. The van der Waals surface area contributed by atoms with Crippen LogP contribution in [0.2, 0.25) is 0 Å². The van der Waals surface area contributed by atoms with E-state index in [9.17, 15) is 13.2 Å². The van der Waals surface area contributed by atoms with Crippen molar-refractivity contribution in [2.24, 2.45) is 0 Å². The lowest BCUT2D eigenvalue weighted by molar-refractivity contribution is -0.141. The number of aryl methyl sites for hydroxylation is 2. The van der Waals surface area contributed by atoms with Crippen LogP contribution in [0.15, 0.2) is 30.3 Å². The first-order chi connectivity index (χ1) is 13.0. The second-order valence-electron chi connectivity index (χ2n) is 5.37. The number of alkyl halides is 3. The largest absolute Gasteiger partial charge is 0.435 e. The van der Waals surface area contributed by atoms with E-state index in [1.165, 1.54) is 11.3 Å². The molecule has 0 saturated carbocycles. The van der Waals surface area contributed by atoms with Crippen LogP contribution in [-0.4, -0.2) is 19.9 Å². The molecule has 4 nitrogen and oxygen atoms in total. The normalized spacial score (nSPS) is 14.5. The average molecular weight is 363 g/mol. The standard InChI is InChI=1S/C17H11F3N4S/c1-8-13-16(22-9(2)14(23-13)17(18,19)20)24-15(21-8)12-7-10-5-3-4-6-11(10)25-12/h3-7H,1-2H3/i1D3. The van der Waals surface area contributed by atoms with Gasteiger partial charge in [-0.05, 0) is 31.3 Å². The Bertz CT molecular complexity index is 1190. The highest BCUT2D eigenvalue weighted by Crippen LogP contribution is 2.34. The molecule has 1 aromatic carbocycles. The van der Waals surface area contributed by atoms with Crippen molar-refractivity contribution in [3.8, 4) is 10.7 Å². The molecule has 0 fully saturated rings. The van der Waals surface area contributed by atoms with Gasteiger partial charge in [-0.2, -0.15) is 13.2 Å². The first-order valence-corrected chi connectivity index (χ1v) is 7.99. The van der Waals surface area contributed by atoms with E-state index >= 15 is 0 Å². The SMILES string of the molecule is [2H]C([2H])([2H])c1nc(-c2cc3ccccc3s2)nc2nc(C)c(C(F)(F)F)nc12. The molecule has 0 aliphatic heterocycles. The average Bonchev–Trinajstić information content (AvgIpc) is 3.02. The first kappa shape index (κ1) is 12.7. The Morgan fingerprint density at radius 2 is 1.84 bits per heavy atom. The minimum atomic E-state index is -4.76. The maximum Gasteiger partial charge on any atom is 0.435 e. The highest BCUT2D eigenvalue weighted by atomic mass is 32.1. The fourth-order valence-electron chi connectivity index (χ4n) is 2.50. The quantitative estimate of drug-likeness (QED) is 0.481. The molecule has 0 atom stereocenters. The van der Waals surface area contributed by atoms with Crippen LogP contribution in [0.5, 0.6) is 0 Å². The fraction of sp³-hybridized carbons (Fsp3) is 0.176. The van der Waals surface area contributed by atoms with Gasteiger partial charge in [0, 0.05) is 8.81 Å². The minimum absolute atomic E-state index is 0.0910. The summed E-state index contributed by atoms with van der Waals surface area (Å²) in [6.07, 6.45) is -4.76. The van der Waals surface area contributed by atoms with Crippen LogP contribution in [0.4, 0.5) is 13.2 Å². The molecule has 0 radical (unpaired) electrons. The van der Waals surface area contributed by atoms with E-state index in [4.69, 9.17) is 4.11 Å². The summed E-state index contributed by atoms with van der Waals surface area (Å²) < 4.78 is 63.6. The molecular formula is C17H11F3N4S. The number of aromatic nitrogens is 4. The third-order valence-electron chi connectivity index (χ3n) is 3.62. The van der Waals surface area contributed by atoms with Gasteiger partial charge >= 0.3 is 6.18 Å². The van der Waals surface area contributed by atoms with Gasteiger partial charge in [0.05, 0.1) is 16.3 Å². The fourth-order valence-corrected chi connectivity index (χ4v) is 3.50. The molecular weight excluding hydrogens is 349 g/mol. The molecule has 25 heavy (non-hydrogen) atoms. The highest BCUT2D eigenvalue weighted by Gasteiger charge is 2.36. The number of halogens is 3. The smallest absolute Gasteiger partial charge is 0.236 e. The summed E-state index contributed by atoms with van der Waals surface area (Å²) in [6.45, 7) is -1.62. The van der Waals surface area contributed by atoms with Crippen molar-refractivity contribution >= 4 is 32.6 Å². The molecule has 8 heteroatoms. The molecule has 0 N–H and O–H groups in total. The van der Waals surface area contributed by atoms with E-state index in [2.05, 4.69) is 19.9 Å². The molecule has 126 valence electrons. The number of nitrogens with zero attached hydrogens (tertiary/aromatic N) is 4. The summed E-state index contributed by atoms with van der Waals surface area (Å²) in [6, 6.07) is 9.32. The lowest BCUT2D eigenvalue weighted by Crippen LogP contribution is -2.13. The monoisotopic (exact) mass is 363 g/mol. The third kappa shape index (κ3) is 2.72. The van der Waals surface area contributed by atoms with Gasteiger partial charge in [0.1, 0.15) is 5.52 Å². The van der Waals surface area contributed by atoms with Crippen LogP contribution < -0.4 is 0 Å². The summed E-state index contributed by atoms with van der Waals surface area (Å²) in [4.78, 5) is 16.3. The zero-order valence-electron chi connectivity index (χ0n) is 15.7. The van der Waals surface area contributed by atoms with Gasteiger partial charge in [-0.25, -0.2) is 19.9 Å². The number of hydrogen-bond donors (Lipinski definition) is 0. The van der Waals surface area contributed by atoms with Crippen LogP contribution >= 0.6 is 11.3 Å². The molecule has 0 bridgehead atoms. The lowest BCUT2D eigenvalue weighted by Gasteiger charge is -2.10. The van der Waals surface area contributed by atoms with Crippen LogP contribution in [-0.2, 0) is 6.18 Å². The van der Waals surface area contributed by atoms with Gasteiger partial charge in [-0.3, -0.25) is 0 Å². The van der Waals surface area contributed by atoms with E-state index in [1.54, 1.807) is 6.07 Å². The molecule has 3 aromatic heterocycles. The molecule has 4 rings (SSSR count).